The predicted octanol–water partition coefficient (Wildman–Crippen LogP) is 3.78. The molecule has 1 aromatic heterocycles. The smallest absolute Gasteiger partial charge is 0.254 e. The van der Waals surface area contributed by atoms with Gasteiger partial charge in [-0.2, -0.15) is 0 Å². The third-order valence-electron chi connectivity index (χ3n) is 5.42. The van der Waals surface area contributed by atoms with Gasteiger partial charge in [0.25, 0.3) is 5.91 Å². The number of fused-ring (bicyclic) bond motifs is 1. The Morgan fingerprint density at radius 1 is 1.21 bits per heavy atom. The number of halogens is 1. The Bertz CT molecular complexity index is 1200. The van der Waals surface area contributed by atoms with Crippen LogP contribution in [0.15, 0.2) is 66.3 Å². The third kappa shape index (κ3) is 4.83. The number of benzene rings is 2. The summed E-state index contributed by atoms with van der Waals surface area (Å²) in [6, 6.07) is 13.2. The minimum atomic E-state index is -0.590. The van der Waals surface area contributed by atoms with Gasteiger partial charge in [0.2, 0.25) is 5.91 Å². The molecule has 1 unspecified atom stereocenters. The summed E-state index contributed by atoms with van der Waals surface area (Å²) in [5.41, 5.74) is 2.10. The number of hydrogen-bond donors (Lipinski definition) is 1. The molecule has 0 saturated heterocycles. The summed E-state index contributed by atoms with van der Waals surface area (Å²) >= 11 is 1.29. The second kappa shape index (κ2) is 9.99. The predicted molar refractivity (Wildman–Crippen MR) is 126 cm³/mol. The van der Waals surface area contributed by atoms with Crippen LogP contribution in [0.1, 0.15) is 34.7 Å². The molecule has 3 aromatic rings. The van der Waals surface area contributed by atoms with Gasteiger partial charge in [0.15, 0.2) is 11.0 Å². The van der Waals surface area contributed by atoms with Gasteiger partial charge in [-0.25, -0.2) is 4.39 Å². The molecule has 4 rings (SSSR count). The summed E-state index contributed by atoms with van der Waals surface area (Å²) in [6.07, 6.45) is 2.55. The van der Waals surface area contributed by atoms with Crippen molar-refractivity contribution < 1.29 is 14.0 Å². The summed E-state index contributed by atoms with van der Waals surface area (Å²) in [7, 11) is 0. The highest BCUT2D eigenvalue weighted by Gasteiger charge is 2.26. The Balaban J connectivity index is 1.45. The SMILES string of the molecule is C=CCn1c(SCC(=O)N2CCc3ccccc32)nnc1C(C)NC(=O)c1ccccc1F. The average Bonchev–Trinajstić information content (AvgIpc) is 3.42. The average molecular weight is 466 g/mol. The Labute approximate surface area is 195 Å². The van der Waals surface area contributed by atoms with E-state index >= 15 is 0 Å². The molecule has 33 heavy (non-hydrogen) atoms. The van der Waals surface area contributed by atoms with E-state index in [4.69, 9.17) is 0 Å². The number of para-hydroxylation sites is 1. The van der Waals surface area contributed by atoms with Gasteiger partial charge in [-0.1, -0.05) is 48.2 Å². The molecule has 1 atom stereocenters. The zero-order valence-corrected chi connectivity index (χ0v) is 19.0. The largest absolute Gasteiger partial charge is 0.342 e. The quantitative estimate of drug-likeness (QED) is 0.405. The number of rotatable bonds is 8. The van der Waals surface area contributed by atoms with Crippen LogP contribution in [0, 0.1) is 5.82 Å². The molecule has 7 nitrogen and oxygen atoms in total. The second-order valence-corrected chi connectivity index (χ2v) is 8.57. The van der Waals surface area contributed by atoms with E-state index in [1.54, 1.807) is 28.5 Å². The number of amides is 2. The number of nitrogens with one attached hydrogen (secondary N) is 1. The first-order valence-electron chi connectivity index (χ1n) is 10.6. The van der Waals surface area contributed by atoms with Crippen LogP contribution in [-0.4, -0.2) is 38.9 Å². The Hall–Kier alpha value is -3.46. The Morgan fingerprint density at radius 3 is 2.76 bits per heavy atom. The minimum absolute atomic E-state index is 0.000516. The number of carbonyl (C=O) groups is 2. The van der Waals surface area contributed by atoms with Crippen LogP contribution in [-0.2, 0) is 17.8 Å². The van der Waals surface area contributed by atoms with Crippen molar-refractivity contribution in [3.63, 3.8) is 0 Å². The zero-order valence-electron chi connectivity index (χ0n) is 18.2. The molecule has 0 bridgehead atoms. The second-order valence-electron chi connectivity index (χ2n) is 7.63. The molecule has 9 heteroatoms. The molecular weight excluding hydrogens is 441 g/mol. The highest BCUT2D eigenvalue weighted by Crippen LogP contribution is 2.29. The van der Waals surface area contributed by atoms with Crippen LogP contribution < -0.4 is 10.2 Å². The van der Waals surface area contributed by atoms with Crippen molar-refractivity contribution in [2.24, 2.45) is 0 Å². The molecule has 0 aliphatic carbocycles. The van der Waals surface area contributed by atoms with Crippen LogP contribution in [0.4, 0.5) is 10.1 Å². The molecule has 1 aliphatic rings. The molecule has 2 heterocycles. The molecule has 0 spiro atoms. The molecule has 0 saturated carbocycles. The zero-order chi connectivity index (χ0) is 23.4. The molecular formula is C24H24FN5O2S. The summed E-state index contributed by atoms with van der Waals surface area (Å²) in [6.45, 7) is 6.61. The first-order chi connectivity index (χ1) is 16.0. The molecule has 0 fully saturated rings. The van der Waals surface area contributed by atoms with Crippen LogP contribution in [0.2, 0.25) is 0 Å². The maximum Gasteiger partial charge on any atom is 0.254 e. The van der Waals surface area contributed by atoms with E-state index < -0.39 is 17.8 Å². The lowest BCUT2D eigenvalue weighted by Gasteiger charge is -2.17. The number of nitrogens with zero attached hydrogens (tertiary/aromatic N) is 4. The highest BCUT2D eigenvalue weighted by molar-refractivity contribution is 7.99. The van der Waals surface area contributed by atoms with Crippen LogP contribution in [0.3, 0.4) is 0 Å². The van der Waals surface area contributed by atoms with Crippen molar-refractivity contribution in [1.82, 2.24) is 20.1 Å². The van der Waals surface area contributed by atoms with Crippen molar-refractivity contribution >= 4 is 29.3 Å². The van der Waals surface area contributed by atoms with Crippen molar-refractivity contribution in [3.05, 3.63) is 84.0 Å². The molecule has 1 aliphatic heterocycles. The molecule has 2 amide bonds. The van der Waals surface area contributed by atoms with E-state index in [2.05, 4.69) is 22.1 Å². The van der Waals surface area contributed by atoms with E-state index in [0.717, 1.165) is 12.1 Å². The lowest BCUT2D eigenvalue weighted by atomic mass is 10.2. The summed E-state index contributed by atoms with van der Waals surface area (Å²) < 4.78 is 15.7. The number of hydrogen-bond acceptors (Lipinski definition) is 5. The molecule has 0 radical (unpaired) electrons. The number of aromatic nitrogens is 3. The maximum absolute atomic E-state index is 13.9. The monoisotopic (exact) mass is 465 g/mol. The summed E-state index contributed by atoms with van der Waals surface area (Å²) in [5.74, 6) is -0.417. The lowest BCUT2D eigenvalue weighted by molar-refractivity contribution is -0.116. The molecule has 1 N–H and O–H groups in total. The van der Waals surface area contributed by atoms with Gasteiger partial charge in [0.05, 0.1) is 17.4 Å². The number of carbonyl (C=O) groups excluding carboxylic acids is 2. The summed E-state index contributed by atoms with van der Waals surface area (Å²) in [5, 5.41) is 11.8. The lowest BCUT2D eigenvalue weighted by Crippen LogP contribution is -2.30. The van der Waals surface area contributed by atoms with Gasteiger partial charge in [0.1, 0.15) is 5.82 Å². The topological polar surface area (TPSA) is 80.1 Å². The fourth-order valence-corrected chi connectivity index (χ4v) is 4.64. The van der Waals surface area contributed by atoms with Gasteiger partial charge < -0.3 is 14.8 Å². The van der Waals surface area contributed by atoms with Gasteiger partial charge >= 0.3 is 0 Å². The first-order valence-corrected chi connectivity index (χ1v) is 11.6. The number of thioether (sulfide) groups is 1. The minimum Gasteiger partial charge on any atom is -0.342 e. The Kier molecular flexibility index (Phi) is 6.88. The van der Waals surface area contributed by atoms with Crippen molar-refractivity contribution in [1.29, 1.82) is 0 Å². The normalized spacial score (nSPS) is 13.5. The highest BCUT2D eigenvalue weighted by atomic mass is 32.2. The van der Waals surface area contributed by atoms with E-state index in [0.29, 0.717) is 24.1 Å². The first kappa shape index (κ1) is 22.7. The van der Waals surface area contributed by atoms with E-state index in [1.165, 1.54) is 35.5 Å². The fourth-order valence-electron chi connectivity index (χ4n) is 3.81. The van der Waals surface area contributed by atoms with Gasteiger partial charge in [0, 0.05) is 18.8 Å². The molecule has 170 valence electrons. The van der Waals surface area contributed by atoms with E-state index in [-0.39, 0.29) is 17.2 Å². The van der Waals surface area contributed by atoms with E-state index in [1.807, 2.05) is 24.3 Å². The van der Waals surface area contributed by atoms with Gasteiger partial charge in [-0.15, -0.1) is 16.8 Å². The number of allylic oxidation sites excluding steroid dienone is 1. The van der Waals surface area contributed by atoms with Crippen LogP contribution in [0.25, 0.3) is 0 Å². The van der Waals surface area contributed by atoms with Crippen molar-refractivity contribution in [2.75, 3.05) is 17.2 Å². The van der Waals surface area contributed by atoms with Crippen LogP contribution >= 0.6 is 11.8 Å². The Morgan fingerprint density at radius 2 is 1.97 bits per heavy atom. The van der Waals surface area contributed by atoms with Crippen molar-refractivity contribution in [2.45, 2.75) is 31.1 Å². The van der Waals surface area contributed by atoms with Gasteiger partial charge in [-0.05, 0) is 37.1 Å². The third-order valence-corrected chi connectivity index (χ3v) is 6.37. The molecule has 2 aromatic carbocycles. The fraction of sp³-hybridized carbons (Fsp3) is 0.250. The van der Waals surface area contributed by atoms with Crippen molar-refractivity contribution in [3.8, 4) is 0 Å². The number of anilines is 1. The standard InChI is InChI=1S/C24H24FN5O2S/c1-3-13-30-22(16(2)26-23(32)18-9-5-6-10-19(18)25)27-28-24(30)33-15-21(31)29-14-12-17-8-4-7-11-20(17)29/h3-11,16H,1,12-15H2,2H3,(H,26,32). The maximum atomic E-state index is 13.9. The van der Waals surface area contributed by atoms with Gasteiger partial charge in [-0.3, -0.25) is 9.59 Å². The van der Waals surface area contributed by atoms with E-state index in [9.17, 15) is 14.0 Å². The van der Waals surface area contributed by atoms with Crippen LogP contribution in [0.5, 0.6) is 0 Å². The summed E-state index contributed by atoms with van der Waals surface area (Å²) in [4.78, 5) is 27.2.